The summed E-state index contributed by atoms with van der Waals surface area (Å²) in [5, 5.41) is 25.7. The molecule has 0 saturated heterocycles. The number of amides is 1. The third kappa shape index (κ3) is 5.45. The van der Waals surface area contributed by atoms with Crippen LogP contribution in [0.2, 0.25) is 0 Å². The average Bonchev–Trinajstić information content (AvgIpc) is 2.88. The van der Waals surface area contributed by atoms with Crippen LogP contribution in [-0.4, -0.2) is 40.1 Å². The van der Waals surface area contributed by atoms with Gasteiger partial charge in [-0.15, -0.1) is 13.2 Å². The predicted octanol–water partition coefficient (Wildman–Crippen LogP) is 5.83. The van der Waals surface area contributed by atoms with Crippen LogP contribution in [0.25, 0.3) is 10.8 Å². The maximum absolute atomic E-state index is 13.7. The Morgan fingerprint density at radius 2 is 1.66 bits per heavy atom. The van der Waals surface area contributed by atoms with Crippen molar-refractivity contribution in [2.24, 2.45) is 17.3 Å². The molecule has 3 atom stereocenters. The number of halogens is 3. The first-order chi connectivity index (χ1) is 19.4. The van der Waals surface area contributed by atoms with Crippen LogP contribution in [0, 0.1) is 17.3 Å². The second kappa shape index (κ2) is 9.94. The number of nitrogens with one attached hydrogen (secondary N) is 1. The van der Waals surface area contributed by atoms with E-state index in [-0.39, 0.29) is 35.5 Å². The topological polar surface area (TPSA) is 105 Å². The second-order valence-corrected chi connectivity index (χ2v) is 11.9. The number of carboxylic acid groups (broad SMARTS) is 1. The molecule has 7 nitrogen and oxygen atoms in total. The Morgan fingerprint density at radius 3 is 2.29 bits per heavy atom. The van der Waals surface area contributed by atoms with E-state index in [1.165, 1.54) is 24.3 Å². The van der Waals surface area contributed by atoms with Crippen molar-refractivity contribution in [3.8, 4) is 11.5 Å². The highest BCUT2D eigenvalue weighted by Crippen LogP contribution is 2.62. The number of aliphatic hydroxyl groups is 1. The van der Waals surface area contributed by atoms with E-state index in [9.17, 15) is 33.0 Å². The molecule has 0 radical (unpaired) electrons. The third-order valence-electron chi connectivity index (χ3n) is 8.87. The van der Waals surface area contributed by atoms with Gasteiger partial charge in [0.1, 0.15) is 24.1 Å². The van der Waals surface area contributed by atoms with Crippen LogP contribution in [0.15, 0.2) is 60.7 Å². The standard InChI is InChI=1S/C31H30F3NO6/c32-31(33,34)41-22-8-5-18(6-9-22)16-40-25-23-4-2-1-3-21(23)7-10-24(25)27(36)35-26(28(37)38)29-12-19-11-20(13-29)15-30(39,14-19)17-29/h1-10,19-20,26,39H,11-17H2,(H,35,36)(H,37,38). The van der Waals surface area contributed by atoms with Crippen molar-refractivity contribution in [3.63, 3.8) is 0 Å². The van der Waals surface area contributed by atoms with E-state index < -0.39 is 35.3 Å². The van der Waals surface area contributed by atoms with Crippen molar-refractivity contribution in [1.82, 2.24) is 5.32 Å². The number of benzene rings is 3. The van der Waals surface area contributed by atoms with E-state index in [1.807, 2.05) is 12.1 Å². The van der Waals surface area contributed by atoms with Crippen LogP contribution in [0.1, 0.15) is 54.4 Å². The minimum absolute atomic E-state index is 0.0523. The fraction of sp³-hybridized carbons (Fsp3) is 0.419. The summed E-state index contributed by atoms with van der Waals surface area (Å²) in [5.41, 5.74) is -0.918. The molecule has 4 bridgehead atoms. The van der Waals surface area contributed by atoms with E-state index in [2.05, 4.69) is 10.1 Å². The van der Waals surface area contributed by atoms with Gasteiger partial charge in [0.2, 0.25) is 0 Å². The molecule has 4 aliphatic carbocycles. The van der Waals surface area contributed by atoms with Gasteiger partial charge in [-0.25, -0.2) is 4.79 Å². The maximum Gasteiger partial charge on any atom is 0.573 e. The zero-order valence-electron chi connectivity index (χ0n) is 22.1. The van der Waals surface area contributed by atoms with Crippen molar-refractivity contribution in [1.29, 1.82) is 0 Å². The van der Waals surface area contributed by atoms with Crippen LogP contribution < -0.4 is 14.8 Å². The van der Waals surface area contributed by atoms with Gasteiger partial charge in [-0.3, -0.25) is 4.79 Å². The van der Waals surface area contributed by atoms with Gasteiger partial charge in [0.15, 0.2) is 0 Å². The van der Waals surface area contributed by atoms with Crippen molar-refractivity contribution >= 4 is 22.6 Å². The fourth-order valence-electron chi connectivity index (χ4n) is 7.83. The molecular formula is C31H30F3NO6. The molecule has 0 aromatic heterocycles. The predicted molar refractivity (Wildman–Crippen MR) is 142 cm³/mol. The summed E-state index contributed by atoms with van der Waals surface area (Å²) in [6, 6.07) is 14.7. The molecular weight excluding hydrogens is 539 g/mol. The molecule has 0 spiro atoms. The molecule has 3 unspecified atom stereocenters. The highest BCUT2D eigenvalue weighted by Gasteiger charge is 2.61. The lowest BCUT2D eigenvalue weighted by molar-refractivity contribution is -0.274. The highest BCUT2D eigenvalue weighted by molar-refractivity contribution is 6.05. The van der Waals surface area contributed by atoms with Crippen molar-refractivity contribution in [2.45, 2.75) is 63.1 Å². The molecule has 4 fully saturated rings. The first-order valence-electron chi connectivity index (χ1n) is 13.7. The fourth-order valence-corrected chi connectivity index (χ4v) is 7.83. The van der Waals surface area contributed by atoms with Gasteiger partial charge >= 0.3 is 12.3 Å². The van der Waals surface area contributed by atoms with Gasteiger partial charge in [0.25, 0.3) is 5.91 Å². The number of fused-ring (bicyclic) bond motifs is 1. The Morgan fingerprint density at radius 1 is 0.976 bits per heavy atom. The first-order valence-corrected chi connectivity index (χ1v) is 13.7. The van der Waals surface area contributed by atoms with E-state index in [4.69, 9.17) is 4.74 Å². The van der Waals surface area contributed by atoms with Gasteiger partial charge in [-0.1, -0.05) is 42.5 Å². The Hall–Kier alpha value is -3.79. The number of carbonyl (C=O) groups is 2. The van der Waals surface area contributed by atoms with Crippen LogP contribution in [0.3, 0.4) is 0 Å². The summed E-state index contributed by atoms with van der Waals surface area (Å²) in [6.07, 6.45) is -0.813. The number of hydrogen-bond donors (Lipinski definition) is 3. The van der Waals surface area contributed by atoms with Crippen LogP contribution in [0.4, 0.5) is 13.2 Å². The van der Waals surface area contributed by atoms with Crippen molar-refractivity contribution < 1.29 is 42.4 Å². The molecule has 216 valence electrons. The molecule has 0 aliphatic heterocycles. The Balaban J connectivity index is 1.27. The third-order valence-corrected chi connectivity index (χ3v) is 8.87. The molecule has 4 aliphatic rings. The molecule has 4 saturated carbocycles. The van der Waals surface area contributed by atoms with Crippen LogP contribution >= 0.6 is 0 Å². The Labute approximate surface area is 234 Å². The van der Waals surface area contributed by atoms with Crippen molar-refractivity contribution in [3.05, 3.63) is 71.8 Å². The Kier molecular flexibility index (Phi) is 6.64. The lowest BCUT2D eigenvalue weighted by atomic mass is 9.46. The van der Waals surface area contributed by atoms with E-state index in [0.717, 1.165) is 11.8 Å². The molecule has 1 amide bonds. The van der Waals surface area contributed by atoms with Crippen LogP contribution in [-0.2, 0) is 11.4 Å². The molecule has 41 heavy (non-hydrogen) atoms. The molecule has 3 aromatic rings. The molecule has 7 rings (SSSR count). The summed E-state index contributed by atoms with van der Waals surface area (Å²) >= 11 is 0. The smallest absolute Gasteiger partial charge is 0.487 e. The number of aliphatic carboxylic acids is 1. The van der Waals surface area contributed by atoms with Crippen LogP contribution in [0.5, 0.6) is 11.5 Å². The Bertz CT molecular complexity index is 1470. The average molecular weight is 570 g/mol. The highest BCUT2D eigenvalue weighted by atomic mass is 19.4. The second-order valence-electron chi connectivity index (χ2n) is 11.9. The number of carbonyl (C=O) groups excluding carboxylic acids is 1. The number of carboxylic acids is 1. The number of alkyl halides is 3. The zero-order chi connectivity index (χ0) is 29.0. The van der Waals surface area contributed by atoms with Gasteiger partial charge in [-0.05, 0) is 79.5 Å². The molecule has 3 aromatic carbocycles. The lowest BCUT2D eigenvalue weighted by Gasteiger charge is -2.61. The monoisotopic (exact) mass is 569 g/mol. The number of ether oxygens (including phenoxy) is 2. The summed E-state index contributed by atoms with van der Waals surface area (Å²) in [6.45, 7) is -0.0523. The summed E-state index contributed by atoms with van der Waals surface area (Å²) in [7, 11) is 0. The quantitative estimate of drug-likeness (QED) is 0.315. The van der Waals surface area contributed by atoms with E-state index >= 15 is 0 Å². The van der Waals surface area contributed by atoms with Gasteiger partial charge in [0, 0.05) is 10.8 Å². The summed E-state index contributed by atoms with van der Waals surface area (Å²) in [5.74, 6) is -1.37. The van der Waals surface area contributed by atoms with Crippen molar-refractivity contribution in [2.75, 3.05) is 0 Å². The number of hydrogen-bond acceptors (Lipinski definition) is 5. The first kappa shape index (κ1) is 27.4. The van der Waals surface area contributed by atoms with E-state index in [0.29, 0.717) is 43.1 Å². The minimum Gasteiger partial charge on any atom is -0.487 e. The zero-order valence-corrected chi connectivity index (χ0v) is 22.1. The normalized spacial score (nSPS) is 27.4. The van der Waals surface area contributed by atoms with Gasteiger partial charge in [-0.2, -0.15) is 0 Å². The SMILES string of the molecule is O=C(NC(C(=O)O)C12CC3CC(CC(O)(C3)C1)C2)c1ccc2ccccc2c1OCc1ccc(OC(F)(F)F)cc1. The minimum atomic E-state index is -4.80. The molecule has 0 heterocycles. The largest absolute Gasteiger partial charge is 0.573 e. The van der Waals surface area contributed by atoms with Gasteiger partial charge in [0.05, 0.1) is 11.2 Å². The summed E-state index contributed by atoms with van der Waals surface area (Å²) < 4.78 is 47.6. The lowest BCUT2D eigenvalue weighted by Crippen LogP contribution is -2.64. The van der Waals surface area contributed by atoms with Gasteiger partial charge < -0.3 is 25.0 Å². The maximum atomic E-state index is 13.7. The number of rotatable bonds is 8. The van der Waals surface area contributed by atoms with E-state index in [1.54, 1.807) is 24.3 Å². The molecule has 10 heteroatoms. The molecule has 3 N–H and O–H groups in total. The summed E-state index contributed by atoms with van der Waals surface area (Å²) in [4.78, 5) is 26.3.